The highest BCUT2D eigenvalue weighted by atomic mass is 16.5. The van der Waals surface area contributed by atoms with Gasteiger partial charge in [0.15, 0.2) is 0 Å². The Morgan fingerprint density at radius 2 is 1.42 bits per heavy atom. The van der Waals surface area contributed by atoms with Crippen molar-refractivity contribution in [1.29, 1.82) is 0 Å². The summed E-state index contributed by atoms with van der Waals surface area (Å²) in [5, 5.41) is 6.00. The number of likely N-dealkylation sites (tertiary alicyclic amines) is 1. The third-order valence-electron chi connectivity index (χ3n) is 15.6. The molecular weight excluding hydrogens is 983 g/mol. The van der Waals surface area contributed by atoms with E-state index in [1.807, 2.05) is 108 Å². The molecule has 4 rings (SSSR count). The number of nitrogens with one attached hydrogen (secondary N) is 2. The maximum absolute atomic E-state index is 14.8. The number of ether oxygens (including phenoxy) is 3. The third-order valence-corrected chi connectivity index (χ3v) is 15.6. The molecule has 18 nitrogen and oxygen atoms in total. The number of benzene rings is 2. The monoisotopic (exact) mass is 1070 g/mol. The molecule has 7 amide bonds. The molecule has 2 aliphatic rings. The highest BCUT2D eigenvalue weighted by Gasteiger charge is 2.44. The topological polar surface area (TPSA) is 205 Å². The largest absolute Gasteiger partial charge is 0.467 e. The van der Waals surface area contributed by atoms with Crippen molar-refractivity contribution in [3.05, 3.63) is 77.9 Å². The summed E-state index contributed by atoms with van der Waals surface area (Å²) < 4.78 is 17.1. The molecule has 0 aliphatic carbocycles. The second-order valence-electron chi connectivity index (χ2n) is 21.6. The number of carbonyl (C=O) groups excluding carboxylic acids is 8. The Morgan fingerprint density at radius 3 is 1.99 bits per heavy atom. The maximum atomic E-state index is 14.8. The molecule has 9 atom stereocenters. The summed E-state index contributed by atoms with van der Waals surface area (Å²) in [6.07, 6.45) is 6.32. The van der Waals surface area contributed by atoms with Crippen LogP contribution in [0.25, 0.3) is 0 Å². The first-order valence-corrected chi connectivity index (χ1v) is 27.5. The Balaban J connectivity index is 1.37. The average Bonchev–Trinajstić information content (AvgIpc) is 4.03. The van der Waals surface area contributed by atoms with E-state index in [4.69, 9.17) is 14.2 Å². The second kappa shape index (κ2) is 30.8. The minimum atomic E-state index is -0.919. The number of hydrogen-bond donors (Lipinski definition) is 2. The summed E-state index contributed by atoms with van der Waals surface area (Å²) in [4.78, 5) is 115. The number of esters is 1. The molecule has 426 valence electrons. The van der Waals surface area contributed by atoms with Gasteiger partial charge in [-0.05, 0) is 80.2 Å². The van der Waals surface area contributed by atoms with Crippen LogP contribution in [0.5, 0.6) is 0 Å². The van der Waals surface area contributed by atoms with Crippen molar-refractivity contribution >= 4 is 53.0 Å². The van der Waals surface area contributed by atoms with Crippen LogP contribution < -0.4 is 15.5 Å². The molecule has 1 fully saturated rings. The number of rotatable bonds is 31. The number of nitrogens with zero attached hydrogens (tertiary/aromatic N) is 5. The van der Waals surface area contributed by atoms with Crippen LogP contribution in [-0.4, -0.2) is 171 Å². The summed E-state index contributed by atoms with van der Waals surface area (Å²) in [6, 6.07) is 13.8. The predicted octanol–water partition coefficient (Wildman–Crippen LogP) is 5.60. The molecule has 2 aromatic carbocycles. The molecule has 2 heterocycles. The highest BCUT2D eigenvalue weighted by Crippen LogP contribution is 2.30. The molecule has 0 aromatic heterocycles. The van der Waals surface area contributed by atoms with E-state index in [1.54, 1.807) is 42.8 Å². The number of likely N-dealkylation sites (N-methyl/N-ethyl adjacent to an activating group) is 2. The molecule has 0 bridgehead atoms. The number of amides is 7. The van der Waals surface area contributed by atoms with E-state index in [0.29, 0.717) is 71.0 Å². The molecular formula is C59H89N7O11. The summed E-state index contributed by atoms with van der Waals surface area (Å²) in [6.45, 7) is 14.9. The number of methoxy groups -OCH3 is 3. The lowest BCUT2D eigenvalue weighted by Gasteiger charge is -2.41. The summed E-state index contributed by atoms with van der Waals surface area (Å²) in [7, 11) is 9.71. The normalized spacial score (nSPS) is 17.7. The Labute approximate surface area is 457 Å². The van der Waals surface area contributed by atoms with Gasteiger partial charge in [-0.25, -0.2) is 4.79 Å². The fraction of sp³-hybridized carbons (Fsp3) is 0.627. The van der Waals surface area contributed by atoms with Crippen molar-refractivity contribution in [2.24, 2.45) is 23.7 Å². The maximum Gasteiger partial charge on any atom is 0.328 e. The SMILES string of the molecule is CC[C@H](C)C([C@@H](CC(=O)N1CCC[C@H]1[C@H](OC)[C@@H](C)C(=O)N[C@@H](Cc1ccccc1)C(=O)OC)OC)N(C)C(=O)[C@@H](NC(=O)C(C(C)C)N(C)CCc1ccc(N(C)C(=O)CCCCCN2C(=O)C=CC2=O)cc1)C(C)C. The van der Waals surface area contributed by atoms with Crippen molar-refractivity contribution in [3.8, 4) is 0 Å². The molecule has 18 heteroatoms. The van der Waals surface area contributed by atoms with Gasteiger partial charge >= 0.3 is 5.97 Å². The van der Waals surface area contributed by atoms with Crippen molar-refractivity contribution in [3.63, 3.8) is 0 Å². The van der Waals surface area contributed by atoms with E-state index in [-0.39, 0.29) is 66.0 Å². The van der Waals surface area contributed by atoms with E-state index < -0.39 is 60.2 Å². The minimum Gasteiger partial charge on any atom is -0.467 e. The van der Waals surface area contributed by atoms with E-state index in [1.165, 1.54) is 31.3 Å². The van der Waals surface area contributed by atoms with Crippen LogP contribution in [0, 0.1) is 23.7 Å². The van der Waals surface area contributed by atoms with Gasteiger partial charge < -0.3 is 39.5 Å². The standard InChI is InChI=1S/C59H89N7O11/c1-14-40(6)54(47(75-11)37-51(70)65-34-21-24-46(65)55(76-12)41(7)56(71)60-45(59(74)77-13)36-43-22-17-15-18-23-43)64(10)58(73)52(38(2)3)61-57(72)53(39(4)5)62(8)35-32-42-26-28-44(29-27-42)63(9)48(67)25-19-16-20-33-66-49(68)30-31-50(66)69/h15,17-18,22-23,26-31,38-41,45-47,52-55H,14,16,19-21,24-25,32-37H2,1-13H3,(H,60,71)(H,61,72)/t40-,41+,45-,46-,47+,52-,53?,54?,55+/m0/s1. The first-order valence-electron chi connectivity index (χ1n) is 27.5. The van der Waals surface area contributed by atoms with Crippen molar-refractivity contribution < 1.29 is 52.6 Å². The zero-order valence-electron chi connectivity index (χ0n) is 48.1. The first kappa shape index (κ1) is 63.6. The lowest BCUT2D eigenvalue weighted by Crippen LogP contribution is -2.60. The fourth-order valence-electron chi connectivity index (χ4n) is 10.8. The number of unbranched alkanes of at least 4 members (excludes halogenated alkanes) is 2. The lowest BCUT2D eigenvalue weighted by atomic mass is 9.89. The van der Waals surface area contributed by atoms with E-state index >= 15 is 0 Å². The number of anilines is 1. The van der Waals surface area contributed by atoms with Crippen LogP contribution in [-0.2, 0) is 65.4 Å². The molecule has 0 radical (unpaired) electrons. The van der Waals surface area contributed by atoms with Gasteiger partial charge in [-0.1, -0.05) is 104 Å². The molecule has 0 saturated carbocycles. The molecule has 2 aliphatic heterocycles. The van der Waals surface area contributed by atoms with E-state index in [0.717, 1.165) is 16.8 Å². The van der Waals surface area contributed by atoms with Gasteiger partial charge in [-0.15, -0.1) is 0 Å². The van der Waals surface area contributed by atoms with Crippen molar-refractivity contribution in [2.45, 2.75) is 155 Å². The smallest absolute Gasteiger partial charge is 0.328 e. The van der Waals surface area contributed by atoms with Gasteiger partial charge in [0.2, 0.25) is 29.5 Å². The van der Waals surface area contributed by atoms with Crippen LogP contribution in [0.4, 0.5) is 5.69 Å². The zero-order valence-corrected chi connectivity index (χ0v) is 48.1. The number of carbonyl (C=O) groups is 8. The quantitative estimate of drug-likeness (QED) is 0.0539. The highest BCUT2D eigenvalue weighted by molar-refractivity contribution is 6.12. The van der Waals surface area contributed by atoms with Gasteiger partial charge in [0.1, 0.15) is 12.1 Å². The van der Waals surface area contributed by atoms with E-state index in [9.17, 15) is 38.4 Å². The van der Waals surface area contributed by atoms with Gasteiger partial charge in [0, 0.05) is 78.6 Å². The zero-order chi connectivity index (χ0) is 57.1. The Kier molecular flexibility index (Phi) is 25.4. The van der Waals surface area contributed by atoms with Crippen LogP contribution in [0.1, 0.15) is 111 Å². The van der Waals surface area contributed by atoms with Crippen LogP contribution in [0.3, 0.4) is 0 Å². The van der Waals surface area contributed by atoms with Crippen LogP contribution >= 0.6 is 0 Å². The van der Waals surface area contributed by atoms with Crippen LogP contribution in [0.15, 0.2) is 66.7 Å². The van der Waals surface area contributed by atoms with Gasteiger partial charge in [-0.3, -0.25) is 43.4 Å². The average molecular weight is 1070 g/mol. The van der Waals surface area contributed by atoms with Gasteiger partial charge in [-0.2, -0.15) is 0 Å². The van der Waals surface area contributed by atoms with Gasteiger partial charge in [0.05, 0.1) is 49.8 Å². The third kappa shape index (κ3) is 17.5. The molecule has 2 unspecified atom stereocenters. The van der Waals surface area contributed by atoms with Gasteiger partial charge in [0.25, 0.3) is 11.8 Å². The second-order valence-corrected chi connectivity index (χ2v) is 21.6. The Morgan fingerprint density at radius 1 is 0.766 bits per heavy atom. The summed E-state index contributed by atoms with van der Waals surface area (Å²) in [5.74, 6) is -3.53. The predicted molar refractivity (Wildman–Crippen MR) is 296 cm³/mol. The number of imide groups is 1. The molecule has 2 aromatic rings. The molecule has 1 saturated heterocycles. The minimum absolute atomic E-state index is 0.0289. The van der Waals surface area contributed by atoms with E-state index in [2.05, 4.69) is 10.6 Å². The molecule has 0 spiro atoms. The Bertz CT molecular complexity index is 2290. The summed E-state index contributed by atoms with van der Waals surface area (Å²) >= 11 is 0. The Hall–Kier alpha value is -5.98. The van der Waals surface area contributed by atoms with Crippen LogP contribution in [0.2, 0.25) is 0 Å². The lowest BCUT2D eigenvalue weighted by molar-refractivity contribution is -0.149. The van der Waals surface area contributed by atoms with Crippen molar-refractivity contribution in [1.82, 2.24) is 30.2 Å². The summed E-state index contributed by atoms with van der Waals surface area (Å²) in [5.41, 5.74) is 2.65. The fourth-order valence-corrected chi connectivity index (χ4v) is 10.8. The molecule has 77 heavy (non-hydrogen) atoms. The van der Waals surface area contributed by atoms with Crippen molar-refractivity contribution in [2.75, 3.05) is 67.0 Å². The number of hydrogen-bond acceptors (Lipinski definition) is 12. The molecule has 2 N–H and O–H groups in total. The first-order chi connectivity index (χ1) is 36.6.